The van der Waals surface area contributed by atoms with Gasteiger partial charge < -0.3 is 0 Å². The molecule has 2 heteroatoms. The molecule has 0 radical (unpaired) electrons. The summed E-state index contributed by atoms with van der Waals surface area (Å²) in [7, 11) is 0. The van der Waals surface area contributed by atoms with Crippen molar-refractivity contribution in [3.8, 4) is 50.5 Å². The van der Waals surface area contributed by atoms with Crippen LogP contribution in [0.25, 0.3) is 83.0 Å². The molecule has 0 saturated carbocycles. The van der Waals surface area contributed by atoms with Crippen LogP contribution in [0.4, 0.5) is 0 Å². The average molecular weight is 521 g/mol. The van der Waals surface area contributed by atoms with E-state index in [0.717, 1.165) is 28.1 Å². The third kappa shape index (κ3) is 3.16. The minimum Gasteiger partial charge on any atom is -0.292 e. The predicted molar refractivity (Wildman–Crippen MR) is 171 cm³/mol. The van der Waals surface area contributed by atoms with Crippen molar-refractivity contribution in [1.29, 1.82) is 0 Å². The summed E-state index contributed by atoms with van der Waals surface area (Å²) < 4.78 is 2.32. The number of para-hydroxylation sites is 2. The van der Waals surface area contributed by atoms with E-state index in [0.29, 0.717) is 0 Å². The number of hydrogen-bond acceptors (Lipinski definition) is 1. The van der Waals surface area contributed by atoms with Gasteiger partial charge in [0.15, 0.2) is 0 Å². The number of hydrogen-bond donors (Lipinski definition) is 0. The van der Waals surface area contributed by atoms with Gasteiger partial charge in [0, 0.05) is 10.9 Å². The topological polar surface area (TPSA) is 17.8 Å². The van der Waals surface area contributed by atoms with E-state index >= 15 is 0 Å². The molecule has 0 bridgehead atoms. The van der Waals surface area contributed by atoms with Gasteiger partial charge >= 0.3 is 0 Å². The molecule has 1 aromatic heterocycles. The molecule has 0 amide bonds. The quantitative estimate of drug-likeness (QED) is 0.227. The van der Waals surface area contributed by atoms with E-state index in [4.69, 9.17) is 4.98 Å². The van der Waals surface area contributed by atoms with Gasteiger partial charge in [-0.05, 0) is 67.7 Å². The summed E-state index contributed by atoms with van der Waals surface area (Å²) in [6.07, 6.45) is 0. The molecule has 0 unspecified atom stereocenters. The lowest BCUT2D eigenvalue weighted by atomic mass is 9.91. The van der Waals surface area contributed by atoms with Gasteiger partial charge in [0.1, 0.15) is 5.82 Å². The van der Waals surface area contributed by atoms with Crippen LogP contribution in [-0.2, 0) is 0 Å². The maximum Gasteiger partial charge on any atom is 0.145 e. The summed E-state index contributed by atoms with van der Waals surface area (Å²) in [6.45, 7) is 0. The molecular formula is C39H24N2. The molecule has 0 N–H and O–H groups in total. The monoisotopic (exact) mass is 520 g/mol. The van der Waals surface area contributed by atoms with Crippen LogP contribution in [0.1, 0.15) is 0 Å². The van der Waals surface area contributed by atoms with E-state index in [1.165, 1.54) is 54.9 Å². The normalized spacial score (nSPS) is 11.9. The first-order chi connectivity index (χ1) is 20.4. The fourth-order valence-electron chi connectivity index (χ4n) is 6.81. The maximum absolute atomic E-state index is 5.10. The van der Waals surface area contributed by atoms with Gasteiger partial charge in [-0.25, -0.2) is 4.98 Å². The first-order valence-electron chi connectivity index (χ1n) is 14.1. The fraction of sp³-hybridized carbons (Fsp3) is 0. The summed E-state index contributed by atoms with van der Waals surface area (Å²) in [4.78, 5) is 5.10. The van der Waals surface area contributed by atoms with Crippen LogP contribution < -0.4 is 0 Å². The van der Waals surface area contributed by atoms with Crippen molar-refractivity contribution in [3.05, 3.63) is 146 Å². The Kier molecular flexibility index (Phi) is 4.64. The fourth-order valence-corrected chi connectivity index (χ4v) is 6.81. The van der Waals surface area contributed by atoms with Gasteiger partial charge in [-0.2, -0.15) is 0 Å². The van der Waals surface area contributed by atoms with Crippen molar-refractivity contribution in [1.82, 2.24) is 9.55 Å². The predicted octanol–water partition coefficient (Wildman–Crippen LogP) is 10.3. The van der Waals surface area contributed by atoms with Gasteiger partial charge in [-0.3, -0.25) is 4.57 Å². The van der Waals surface area contributed by atoms with Crippen LogP contribution in [0.5, 0.6) is 0 Å². The highest BCUT2D eigenvalue weighted by molar-refractivity contribution is 6.20. The van der Waals surface area contributed by atoms with Crippen LogP contribution in [0.2, 0.25) is 0 Å². The number of imidazole rings is 1. The molecule has 1 aliphatic rings. The molecule has 0 aliphatic heterocycles. The Morgan fingerprint density at radius 2 is 0.976 bits per heavy atom. The molecule has 1 heterocycles. The lowest BCUT2D eigenvalue weighted by molar-refractivity contribution is 1.11. The van der Waals surface area contributed by atoms with Gasteiger partial charge in [0.05, 0.1) is 16.7 Å². The summed E-state index contributed by atoms with van der Waals surface area (Å²) >= 11 is 0. The third-order valence-corrected chi connectivity index (χ3v) is 8.57. The largest absolute Gasteiger partial charge is 0.292 e. The van der Waals surface area contributed by atoms with Crippen LogP contribution in [0.3, 0.4) is 0 Å². The smallest absolute Gasteiger partial charge is 0.145 e. The van der Waals surface area contributed by atoms with Crippen molar-refractivity contribution in [3.63, 3.8) is 0 Å². The summed E-state index contributed by atoms with van der Waals surface area (Å²) in [5, 5.41) is 5.09. The first-order valence-corrected chi connectivity index (χ1v) is 14.1. The Morgan fingerprint density at radius 3 is 1.83 bits per heavy atom. The molecule has 8 aromatic rings. The zero-order valence-corrected chi connectivity index (χ0v) is 22.3. The van der Waals surface area contributed by atoms with Gasteiger partial charge in [0.25, 0.3) is 0 Å². The number of benzene rings is 7. The number of aromatic nitrogens is 2. The highest BCUT2D eigenvalue weighted by Gasteiger charge is 2.23. The Labute approximate surface area is 237 Å². The first kappa shape index (κ1) is 22.4. The summed E-state index contributed by atoms with van der Waals surface area (Å²) in [5.74, 6) is 0.952. The molecular weight excluding hydrogens is 496 g/mol. The zero-order chi connectivity index (χ0) is 26.9. The molecule has 41 heavy (non-hydrogen) atoms. The van der Waals surface area contributed by atoms with E-state index in [2.05, 4.69) is 150 Å². The Hall–Kier alpha value is -5.47. The number of fused-ring (bicyclic) bond motifs is 5. The average Bonchev–Trinajstić information content (AvgIpc) is 3.59. The second-order valence-electron chi connectivity index (χ2n) is 10.7. The Bertz CT molecular complexity index is 2280. The Morgan fingerprint density at radius 1 is 0.390 bits per heavy atom. The van der Waals surface area contributed by atoms with Crippen molar-refractivity contribution in [2.75, 3.05) is 0 Å². The van der Waals surface area contributed by atoms with Crippen molar-refractivity contribution < 1.29 is 0 Å². The molecule has 0 fully saturated rings. The molecule has 7 aromatic carbocycles. The van der Waals surface area contributed by atoms with Crippen LogP contribution in [-0.4, -0.2) is 9.55 Å². The molecule has 2 nitrogen and oxygen atoms in total. The molecule has 0 saturated heterocycles. The van der Waals surface area contributed by atoms with E-state index in [9.17, 15) is 0 Å². The van der Waals surface area contributed by atoms with Crippen molar-refractivity contribution in [2.45, 2.75) is 0 Å². The summed E-state index contributed by atoms with van der Waals surface area (Å²) in [6, 6.07) is 52.4. The SMILES string of the molecule is c1ccc(-c2nc3ccccc3n2-c2ccc(-c3ccc4c5c(cccc35)-c3ccccc3-4)c3ccccc23)cc1. The van der Waals surface area contributed by atoms with Crippen molar-refractivity contribution >= 4 is 32.6 Å². The van der Waals surface area contributed by atoms with Gasteiger partial charge in [-0.15, -0.1) is 0 Å². The van der Waals surface area contributed by atoms with Gasteiger partial charge in [-0.1, -0.05) is 127 Å². The minimum absolute atomic E-state index is 0.952. The van der Waals surface area contributed by atoms with E-state index in [1.54, 1.807) is 0 Å². The van der Waals surface area contributed by atoms with Crippen LogP contribution in [0, 0.1) is 0 Å². The molecule has 9 rings (SSSR count). The molecule has 0 atom stereocenters. The minimum atomic E-state index is 0.952. The second-order valence-corrected chi connectivity index (χ2v) is 10.7. The van der Waals surface area contributed by atoms with Gasteiger partial charge in [0.2, 0.25) is 0 Å². The van der Waals surface area contributed by atoms with Crippen LogP contribution in [0.15, 0.2) is 146 Å². The van der Waals surface area contributed by atoms with Crippen LogP contribution >= 0.6 is 0 Å². The highest BCUT2D eigenvalue weighted by atomic mass is 15.1. The van der Waals surface area contributed by atoms with E-state index in [1.807, 2.05) is 0 Å². The number of nitrogens with zero attached hydrogens (tertiary/aromatic N) is 2. The third-order valence-electron chi connectivity index (χ3n) is 8.57. The highest BCUT2D eigenvalue weighted by Crippen LogP contribution is 2.50. The lowest BCUT2D eigenvalue weighted by Crippen LogP contribution is -1.99. The lowest BCUT2D eigenvalue weighted by Gasteiger charge is -2.17. The number of rotatable bonds is 3. The molecule has 190 valence electrons. The van der Waals surface area contributed by atoms with E-state index in [-0.39, 0.29) is 0 Å². The zero-order valence-electron chi connectivity index (χ0n) is 22.3. The Balaban J connectivity index is 1.32. The second kappa shape index (κ2) is 8.51. The molecule has 1 aliphatic carbocycles. The van der Waals surface area contributed by atoms with Crippen molar-refractivity contribution in [2.24, 2.45) is 0 Å². The molecule has 0 spiro atoms. The standard InChI is InChI=1S/C39H24N2/c1-2-11-25(12-3-1)39-40-35-19-8-9-20-37(35)41(39)36-24-23-29(26-13-6-7-16-31(26)36)30-21-22-34-28-15-5-4-14-27(28)32-17-10-18-33(30)38(32)34/h1-24H. The van der Waals surface area contributed by atoms with E-state index < -0.39 is 0 Å². The maximum atomic E-state index is 5.10. The summed E-state index contributed by atoms with van der Waals surface area (Å²) in [5.41, 5.74) is 12.1.